The Morgan fingerprint density at radius 3 is 0.866 bits per heavy atom. The van der Waals surface area contributed by atoms with E-state index in [1.165, 1.54) is 360 Å². The second-order valence-electron chi connectivity index (χ2n) is 26.0. The number of ether oxygens (including phenoxy) is 1. The van der Waals surface area contributed by atoms with E-state index in [0.29, 0.717) is 19.4 Å². The molecular formula is C76H147NO5. The summed E-state index contributed by atoms with van der Waals surface area (Å²) in [5.74, 6) is -0.0443. The summed E-state index contributed by atoms with van der Waals surface area (Å²) in [5, 5.41) is 23.2. The summed E-state index contributed by atoms with van der Waals surface area (Å²) in [6, 6.07) is -0.629. The molecule has 0 saturated heterocycles. The fraction of sp³-hybridized carbons (Fsp3) is 0.921. The van der Waals surface area contributed by atoms with Gasteiger partial charge in [0.15, 0.2) is 0 Å². The zero-order chi connectivity index (χ0) is 59.2. The number of carbonyl (C=O) groups excluding carboxylic acids is 2. The first-order valence-electron chi connectivity index (χ1n) is 37.6. The van der Waals surface area contributed by atoms with E-state index in [4.69, 9.17) is 4.74 Å². The number of carbonyl (C=O) groups is 2. The van der Waals surface area contributed by atoms with Crippen molar-refractivity contribution >= 4 is 11.9 Å². The van der Waals surface area contributed by atoms with Gasteiger partial charge >= 0.3 is 5.97 Å². The monoisotopic (exact) mass is 1150 g/mol. The van der Waals surface area contributed by atoms with Gasteiger partial charge in [-0.2, -0.15) is 0 Å². The van der Waals surface area contributed by atoms with Gasteiger partial charge in [0.05, 0.1) is 25.4 Å². The number of nitrogens with one attached hydrogen (secondary N) is 1. The molecule has 3 N–H and O–H groups in total. The lowest BCUT2D eigenvalue weighted by molar-refractivity contribution is -0.143. The van der Waals surface area contributed by atoms with Crippen molar-refractivity contribution in [3.8, 4) is 0 Å². The topological polar surface area (TPSA) is 95.9 Å². The van der Waals surface area contributed by atoms with Crippen molar-refractivity contribution in [2.45, 2.75) is 437 Å². The molecule has 0 spiro atoms. The molecule has 486 valence electrons. The van der Waals surface area contributed by atoms with Crippen molar-refractivity contribution in [2.24, 2.45) is 0 Å². The summed E-state index contributed by atoms with van der Waals surface area (Å²) in [5.41, 5.74) is 0. The summed E-state index contributed by atoms with van der Waals surface area (Å²) >= 11 is 0. The highest BCUT2D eigenvalue weighted by Crippen LogP contribution is 2.19. The van der Waals surface area contributed by atoms with Gasteiger partial charge in [-0.05, 0) is 57.8 Å². The summed E-state index contributed by atoms with van der Waals surface area (Å²) in [4.78, 5) is 24.6. The molecule has 0 fully saturated rings. The number of allylic oxidation sites excluding steroid dienone is 3. The number of aliphatic hydroxyl groups excluding tert-OH is 2. The number of amides is 1. The van der Waals surface area contributed by atoms with E-state index >= 15 is 0 Å². The lowest BCUT2D eigenvalue weighted by Crippen LogP contribution is -2.45. The van der Waals surface area contributed by atoms with Gasteiger partial charge in [0.2, 0.25) is 5.91 Å². The molecule has 0 aliphatic heterocycles. The molecule has 0 aliphatic carbocycles. The van der Waals surface area contributed by atoms with E-state index in [2.05, 4.69) is 31.3 Å². The number of unbranched alkanes of at least 4 members (excludes halogenated alkanes) is 58. The third-order valence-electron chi connectivity index (χ3n) is 17.7. The van der Waals surface area contributed by atoms with Crippen molar-refractivity contribution in [1.82, 2.24) is 5.32 Å². The first-order chi connectivity index (χ1) is 40.5. The van der Waals surface area contributed by atoms with Crippen LogP contribution in [-0.4, -0.2) is 47.4 Å². The molecule has 0 rings (SSSR count). The van der Waals surface area contributed by atoms with Crippen LogP contribution in [0.15, 0.2) is 24.3 Å². The molecule has 0 aromatic heterocycles. The zero-order valence-corrected chi connectivity index (χ0v) is 55.8. The van der Waals surface area contributed by atoms with Crippen LogP contribution >= 0.6 is 0 Å². The van der Waals surface area contributed by atoms with Crippen molar-refractivity contribution in [1.29, 1.82) is 0 Å². The molecule has 0 heterocycles. The lowest BCUT2D eigenvalue weighted by Gasteiger charge is -2.20. The Hall–Kier alpha value is -1.66. The average Bonchev–Trinajstić information content (AvgIpc) is 3.48. The number of aliphatic hydroxyl groups is 2. The predicted octanol–water partition coefficient (Wildman–Crippen LogP) is 24.5. The molecule has 6 heteroatoms. The van der Waals surface area contributed by atoms with Crippen LogP contribution < -0.4 is 5.32 Å². The normalized spacial score (nSPS) is 12.6. The van der Waals surface area contributed by atoms with Gasteiger partial charge < -0.3 is 20.3 Å². The third-order valence-corrected chi connectivity index (χ3v) is 17.7. The minimum atomic E-state index is -0.846. The number of esters is 1. The van der Waals surface area contributed by atoms with Gasteiger partial charge in [-0.25, -0.2) is 0 Å². The largest absolute Gasteiger partial charge is 0.466 e. The Bertz CT molecular complexity index is 1280. The Kier molecular flexibility index (Phi) is 70.4. The minimum absolute atomic E-state index is 0.0205. The molecule has 2 unspecified atom stereocenters. The standard InChI is InChI=1S/C76H147NO5/c1-3-5-7-9-11-13-15-17-19-21-32-36-40-44-48-52-56-60-64-68-74(79)73(72-78)77-75(80)69-65-61-57-53-49-45-41-37-34-30-28-26-24-23-25-27-29-31-35-39-43-47-51-55-59-63-67-71-82-76(81)70-66-62-58-54-50-46-42-38-33-22-20-18-16-14-12-10-8-6-4-2/h23-24,64,68,73-74,78-79H,3-22,25-63,65-67,69-72H2,1-2H3,(H,77,80)/b24-23-,68-64+. The van der Waals surface area contributed by atoms with Gasteiger partial charge in [-0.3, -0.25) is 9.59 Å². The predicted molar refractivity (Wildman–Crippen MR) is 361 cm³/mol. The second-order valence-corrected chi connectivity index (χ2v) is 26.0. The van der Waals surface area contributed by atoms with Crippen LogP contribution in [0.4, 0.5) is 0 Å². The van der Waals surface area contributed by atoms with E-state index in [9.17, 15) is 19.8 Å². The van der Waals surface area contributed by atoms with Crippen molar-refractivity contribution in [3.05, 3.63) is 24.3 Å². The van der Waals surface area contributed by atoms with Crippen molar-refractivity contribution in [3.63, 3.8) is 0 Å². The average molecular weight is 1160 g/mol. The first kappa shape index (κ1) is 80.3. The molecule has 0 bridgehead atoms. The molecule has 82 heavy (non-hydrogen) atoms. The minimum Gasteiger partial charge on any atom is -0.466 e. The van der Waals surface area contributed by atoms with Crippen LogP contribution in [-0.2, 0) is 14.3 Å². The lowest BCUT2D eigenvalue weighted by atomic mass is 10.0. The van der Waals surface area contributed by atoms with Gasteiger partial charge in [0, 0.05) is 12.8 Å². The van der Waals surface area contributed by atoms with E-state index in [1.54, 1.807) is 6.08 Å². The van der Waals surface area contributed by atoms with Crippen LogP contribution in [0, 0.1) is 0 Å². The summed E-state index contributed by atoms with van der Waals surface area (Å²) in [6.07, 6.45) is 91.3. The Morgan fingerprint density at radius 1 is 0.329 bits per heavy atom. The van der Waals surface area contributed by atoms with Crippen LogP contribution in [0.5, 0.6) is 0 Å². The third kappa shape index (κ3) is 67.5. The number of hydrogen-bond donors (Lipinski definition) is 3. The smallest absolute Gasteiger partial charge is 0.305 e. The van der Waals surface area contributed by atoms with Crippen LogP contribution in [0.25, 0.3) is 0 Å². The fourth-order valence-corrected chi connectivity index (χ4v) is 12.0. The quantitative estimate of drug-likeness (QED) is 0.0320. The molecule has 0 aromatic rings. The van der Waals surface area contributed by atoms with Gasteiger partial charge in [-0.1, -0.05) is 378 Å². The number of hydrogen-bond acceptors (Lipinski definition) is 5. The molecular weight excluding hydrogens is 1010 g/mol. The molecule has 1 amide bonds. The van der Waals surface area contributed by atoms with Crippen LogP contribution in [0.3, 0.4) is 0 Å². The summed E-state index contributed by atoms with van der Waals surface area (Å²) in [7, 11) is 0. The van der Waals surface area contributed by atoms with Gasteiger partial charge in [0.25, 0.3) is 0 Å². The van der Waals surface area contributed by atoms with E-state index in [1.807, 2.05) is 6.08 Å². The van der Waals surface area contributed by atoms with Gasteiger partial charge in [-0.15, -0.1) is 0 Å². The van der Waals surface area contributed by atoms with E-state index in [0.717, 1.165) is 38.5 Å². The molecule has 2 atom stereocenters. The molecule has 0 saturated carbocycles. The van der Waals surface area contributed by atoms with Crippen molar-refractivity contribution < 1.29 is 24.5 Å². The maximum atomic E-state index is 12.5. The van der Waals surface area contributed by atoms with E-state index in [-0.39, 0.29) is 18.5 Å². The Morgan fingerprint density at radius 2 is 0.573 bits per heavy atom. The Labute approximate surface area is 513 Å². The van der Waals surface area contributed by atoms with E-state index < -0.39 is 12.1 Å². The zero-order valence-electron chi connectivity index (χ0n) is 55.8. The Balaban J connectivity index is 3.38. The SMILES string of the molecule is CCCCCCCCCCCCCCCCCCC/C=C/C(O)C(CO)NC(=O)CCCCCCCCCCCCC/C=C\CCCCCCCCCCCCCCOC(=O)CCCCCCCCCCCCCCCCCCCCC. The van der Waals surface area contributed by atoms with Crippen LogP contribution in [0.2, 0.25) is 0 Å². The van der Waals surface area contributed by atoms with Gasteiger partial charge in [0.1, 0.15) is 0 Å². The highest BCUT2D eigenvalue weighted by atomic mass is 16.5. The molecule has 6 nitrogen and oxygen atoms in total. The molecule has 0 radical (unpaired) electrons. The fourth-order valence-electron chi connectivity index (χ4n) is 12.0. The molecule has 0 aromatic carbocycles. The summed E-state index contributed by atoms with van der Waals surface area (Å²) < 4.78 is 5.52. The highest BCUT2D eigenvalue weighted by molar-refractivity contribution is 5.76. The second kappa shape index (κ2) is 71.8. The van der Waals surface area contributed by atoms with Crippen molar-refractivity contribution in [2.75, 3.05) is 13.2 Å². The highest BCUT2D eigenvalue weighted by Gasteiger charge is 2.18. The maximum absolute atomic E-state index is 12.5. The van der Waals surface area contributed by atoms with Crippen LogP contribution in [0.1, 0.15) is 425 Å². The summed E-state index contributed by atoms with van der Waals surface area (Å²) in [6.45, 7) is 4.95. The molecule has 0 aliphatic rings. The number of rotatable bonds is 71. The first-order valence-corrected chi connectivity index (χ1v) is 37.6. The maximum Gasteiger partial charge on any atom is 0.305 e.